The van der Waals surface area contributed by atoms with E-state index in [1.165, 1.54) is 0 Å². The van der Waals surface area contributed by atoms with E-state index in [4.69, 9.17) is 46.4 Å². The van der Waals surface area contributed by atoms with Gasteiger partial charge in [-0.05, 0) is 24.3 Å². The molecule has 0 aliphatic heterocycles. The van der Waals surface area contributed by atoms with Gasteiger partial charge in [0.1, 0.15) is 6.10 Å². The summed E-state index contributed by atoms with van der Waals surface area (Å²) in [4.78, 5) is 3.00. The van der Waals surface area contributed by atoms with Crippen LogP contribution in [0.4, 0.5) is 0 Å². The Bertz CT molecular complexity index is 860. The highest BCUT2D eigenvalue weighted by atomic mass is 35.5. The minimum atomic E-state index is -0.909. The van der Waals surface area contributed by atoms with E-state index in [1.54, 1.807) is 42.7 Å². The van der Waals surface area contributed by atoms with E-state index >= 15 is 0 Å². The number of hydrogen-bond donors (Lipinski definition) is 2. The van der Waals surface area contributed by atoms with Crippen molar-refractivity contribution in [3.05, 3.63) is 80.0 Å². The van der Waals surface area contributed by atoms with Crippen LogP contribution in [0.15, 0.2) is 48.8 Å². The molecule has 0 saturated carbocycles. The van der Waals surface area contributed by atoms with Crippen LogP contribution in [-0.4, -0.2) is 10.1 Å². The summed E-state index contributed by atoms with van der Waals surface area (Å²) in [6, 6.07) is 10.2. The van der Waals surface area contributed by atoms with Gasteiger partial charge in [-0.25, -0.2) is 0 Å². The second-order valence-electron chi connectivity index (χ2n) is 5.02. The Morgan fingerprint density at radius 3 is 2.04 bits per heavy atom. The molecule has 2 aromatic carbocycles. The van der Waals surface area contributed by atoms with Gasteiger partial charge in [0.2, 0.25) is 0 Å². The lowest BCUT2D eigenvalue weighted by molar-refractivity contribution is 0.221. The lowest BCUT2D eigenvalue weighted by Crippen LogP contribution is -2.01. The Labute approximate surface area is 153 Å². The molecule has 23 heavy (non-hydrogen) atoms. The zero-order valence-corrected chi connectivity index (χ0v) is 14.7. The van der Waals surface area contributed by atoms with Crippen LogP contribution in [0.5, 0.6) is 0 Å². The van der Waals surface area contributed by atoms with Crippen molar-refractivity contribution < 1.29 is 5.11 Å². The highest BCUT2D eigenvalue weighted by Crippen LogP contribution is 2.38. The van der Waals surface area contributed by atoms with Crippen LogP contribution in [-0.2, 0) is 0 Å². The Kier molecular flexibility index (Phi) is 4.90. The van der Waals surface area contributed by atoms with Gasteiger partial charge in [-0.3, -0.25) is 0 Å². The first-order chi connectivity index (χ1) is 11.0. The average molecular weight is 387 g/mol. The van der Waals surface area contributed by atoms with Crippen molar-refractivity contribution >= 4 is 46.4 Å². The minimum absolute atomic E-state index is 0.402. The largest absolute Gasteiger partial charge is 0.384 e. The van der Waals surface area contributed by atoms with Crippen LogP contribution in [0, 0.1) is 0 Å². The standard InChI is InChI=1S/C17H11Cl4NO/c18-9-1-3-11(15(20)5-9)13-7-22-8-14(13)17(23)12-4-2-10(19)6-16(12)21/h1-8,17,22-23H/t17-/m1/s1. The number of aromatic nitrogens is 1. The second-order valence-corrected chi connectivity index (χ2v) is 6.70. The molecule has 2 N–H and O–H groups in total. The van der Waals surface area contributed by atoms with E-state index in [2.05, 4.69) is 4.98 Å². The molecule has 0 saturated heterocycles. The molecule has 0 radical (unpaired) electrons. The van der Waals surface area contributed by atoms with Gasteiger partial charge >= 0.3 is 0 Å². The fourth-order valence-corrected chi connectivity index (χ4v) is 3.46. The zero-order valence-electron chi connectivity index (χ0n) is 11.7. The monoisotopic (exact) mass is 385 g/mol. The molecule has 0 amide bonds. The molecule has 0 fully saturated rings. The first-order valence-corrected chi connectivity index (χ1v) is 8.23. The third-order valence-corrected chi connectivity index (χ3v) is 4.66. The van der Waals surface area contributed by atoms with E-state index in [0.29, 0.717) is 31.2 Å². The maximum absolute atomic E-state index is 10.7. The predicted octanol–water partition coefficient (Wildman–Crippen LogP) is 6.38. The molecule has 1 atom stereocenters. The van der Waals surface area contributed by atoms with E-state index in [1.807, 2.05) is 6.07 Å². The molecule has 0 bridgehead atoms. The molecule has 1 aromatic heterocycles. The third kappa shape index (κ3) is 3.37. The summed E-state index contributed by atoms with van der Waals surface area (Å²) in [7, 11) is 0. The number of rotatable bonds is 3. The van der Waals surface area contributed by atoms with Crippen molar-refractivity contribution in [1.82, 2.24) is 4.98 Å². The summed E-state index contributed by atoms with van der Waals surface area (Å²) in [5.41, 5.74) is 2.79. The maximum atomic E-state index is 10.7. The lowest BCUT2D eigenvalue weighted by Gasteiger charge is -2.15. The molecular formula is C17H11Cl4NO. The topological polar surface area (TPSA) is 36.0 Å². The number of hydrogen-bond acceptors (Lipinski definition) is 1. The molecule has 0 aliphatic carbocycles. The summed E-state index contributed by atoms with van der Waals surface area (Å²) in [5, 5.41) is 12.7. The van der Waals surface area contributed by atoms with Crippen LogP contribution in [0.3, 0.4) is 0 Å². The van der Waals surface area contributed by atoms with Crippen molar-refractivity contribution in [2.24, 2.45) is 0 Å². The summed E-state index contributed by atoms with van der Waals surface area (Å²) in [5.74, 6) is 0. The maximum Gasteiger partial charge on any atom is 0.108 e. The Morgan fingerprint density at radius 2 is 1.39 bits per heavy atom. The number of aliphatic hydroxyl groups excluding tert-OH is 1. The second kappa shape index (κ2) is 6.76. The van der Waals surface area contributed by atoms with Crippen LogP contribution in [0.25, 0.3) is 11.1 Å². The van der Waals surface area contributed by atoms with E-state index in [9.17, 15) is 5.11 Å². The molecule has 118 valence electrons. The number of halogens is 4. The van der Waals surface area contributed by atoms with Gasteiger partial charge in [0, 0.05) is 54.7 Å². The Morgan fingerprint density at radius 1 is 0.739 bits per heavy atom. The minimum Gasteiger partial charge on any atom is -0.384 e. The highest BCUT2D eigenvalue weighted by Gasteiger charge is 2.20. The highest BCUT2D eigenvalue weighted by molar-refractivity contribution is 6.36. The van der Waals surface area contributed by atoms with Crippen molar-refractivity contribution in [3.8, 4) is 11.1 Å². The molecule has 0 aliphatic rings. The summed E-state index contributed by atoms with van der Waals surface area (Å²) < 4.78 is 0. The summed E-state index contributed by atoms with van der Waals surface area (Å²) in [6.45, 7) is 0. The fourth-order valence-electron chi connectivity index (χ4n) is 2.43. The zero-order chi connectivity index (χ0) is 16.6. The summed E-state index contributed by atoms with van der Waals surface area (Å²) >= 11 is 24.3. The van der Waals surface area contributed by atoms with Gasteiger partial charge in [0.05, 0.1) is 0 Å². The Balaban J connectivity index is 2.06. The van der Waals surface area contributed by atoms with Gasteiger partial charge in [-0.1, -0.05) is 58.5 Å². The van der Waals surface area contributed by atoms with Gasteiger partial charge in [0.15, 0.2) is 0 Å². The van der Waals surface area contributed by atoms with Gasteiger partial charge in [-0.15, -0.1) is 0 Å². The molecule has 0 unspecified atom stereocenters. The van der Waals surface area contributed by atoms with Crippen molar-refractivity contribution in [2.45, 2.75) is 6.10 Å². The molecule has 2 nitrogen and oxygen atoms in total. The van der Waals surface area contributed by atoms with Crippen LogP contribution in [0.2, 0.25) is 20.1 Å². The SMILES string of the molecule is O[C@H](c1ccc(Cl)cc1Cl)c1c[nH]cc1-c1ccc(Cl)cc1Cl. The smallest absolute Gasteiger partial charge is 0.108 e. The number of nitrogens with one attached hydrogen (secondary N) is 1. The average Bonchev–Trinajstić information content (AvgIpc) is 2.95. The van der Waals surface area contributed by atoms with E-state index in [0.717, 1.165) is 11.1 Å². The first-order valence-electron chi connectivity index (χ1n) is 6.72. The number of aromatic amines is 1. The summed E-state index contributed by atoms with van der Waals surface area (Å²) in [6.07, 6.45) is 2.58. The lowest BCUT2D eigenvalue weighted by atomic mass is 9.96. The fraction of sp³-hybridized carbons (Fsp3) is 0.0588. The van der Waals surface area contributed by atoms with Crippen LogP contribution < -0.4 is 0 Å². The van der Waals surface area contributed by atoms with Crippen molar-refractivity contribution in [3.63, 3.8) is 0 Å². The molecular weight excluding hydrogens is 376 g/mol. The van der Waals surface area contributed by atoms with Gasteiger partial charge in [-0.2, -0.15) is 0 Å². The third-order valence-electron chi connectivity index (χ3n) is 3.55. The van der Waals surface area contributed by atoms with Gasteiger partial charge in [0.25, 0.3) is 0 Å². The Hall–Kier alpha value is -1.16. The van der Waals surface area contributed by atoms with Crippen LogP contribution >= 0.6 is 46.4 Å². The van der Waals surface area contributed by atoms with Gasteiger partial charge < -0.3 is 10.1 Å². The predicted molar refractivity (Wildman–Crippen MR) is 96.8 cm³/mol. The van der Waals surface area contributed by atoms with E-state index in [-0.39, 0.29) is 0 Å². The molecule has 1 heterocycles. The van der Waals surface area contributed by atoms with E-state index < -0.39 is 6.10 Å². The first kappa shape index (κ1) is 16.7. The number of aliphatic hydroxyl groups is 1. The molecule has 6 heteroatoms. The van der Waals surface area contributed by atoms with Crippen molar-refractivity contribution in [1.29, 1.82) is 0 Å². The number of H-pyrrole nitrogens is 1. The molecule has 3 rings (SSSR count). The normalized spacial score (nSPS) is 12.4. The van der Waals surface area contributed by atoms with Crippen LogP contribution in [0.1, 0.15) is 17.2 Å². The number of benzene rings is 2. The van der Waals surface area contributed by atoms with Crippen molar-refractivity contribution in [2.75, 3.05) is 0 Å². The quantitative estimate of drug-likeness (QED) is 0.538. The molecule has 3 aromatic rings. The molecule has 0 spiro atoms.